The average molecular weight is 313 g/mol. The van der Waals surface area contributed by atoms with Crippen molar-refractivity contribution in [2.24, 2.45) is 0 Å². The molecule has 4 rings (SSSR count). The van der Waals surface area contributed by atoms with Crippen molar-refractivity contribution in [2.75, 3.05) is 11.9 Å². The topological polar surface area (TPSA) is 103 Å². The first-order valence-corrected chi connectivity index (χ1v) is 7.94. The van der Waals surface area contributed by atoms with Crippen LogP contribution in [0, 0.1) is 0 Å². The number of aliphatic hydroxyl groups excluding tert-OH is 1. The molecule has 2 fully saturated rings. The molecular weight excluding hydrogens is 294 g/mol. The molecule has 2 heterocycles. The molecule has 2 unspecified atom stereocenters. The van der Waals surface area contributed by atoms with Crippen molar-refractivity contribution < 1.29 is 9.90 Å². The van der Waals surface area contributed by atoms with Gasteiger partial charge in [-0.25, -0.2) is 4.98 Å². The molecule has 23 heavy (non-hydrogen) atoms. The standard InChI is InChI=1S/C16H19N5O2/c22-12-7-13(17-8-12)16(23)18-11-3-1-2-10(6-11)15-19-14(20-21-15)9-4-5-9/h1-3,6,9,12-13,17,22H,4-5,7-8H2,(H,18,23)(H,19,20,21). The Labute approximate surface area is 133 Å². The number of H-pyrrole nitrogens is 1. The molecule has 1 aliphatic heterocycles. The number of hydrogen-bond donors (Lipinski definition) is 4. The number of anilines is 1. The number of nitrogens with one attached hydrogen (secondary N) is 3. The molecular formula is C16H19N5O2. The van der Waals surface area contributed by atoms with Crippen molar-refractivity contribution >= 4 is 11.6 Å². The maximum Gasteiger partial charge on any atom is 0.241 e. The van der Waals surface area contributed by atoms with Gasteiger partial charge in [-0.15, -0.1) is 0 Å². The summed E-state index contributed by atoms with van der Waals surface area (Å²) in [7, 11) is 0. The molecule has 2 aliphatic rings. The predicted molar refractivity (Wildman–Crippen MR) is 84.8 cm³/mol. The third-order valence-electron chi connectivity index (χ3n) is 4.28. The quantitative estimate of drug-likeness (QED) is 0.674. The number of carbonyl (C=O) groups is 1. The molecule has 120 valence electrons. The fourth-order valence-corrected chi connectivity index (χ4v) is 2.82. The van der Waals surface area contributed by atoms with Crippen LogP contribution < -0.4 is 10.6 Å². The second-order valence-corrected chi connectivity index (χ2v) is 6.24. The first-order chi connectivity index (χ1) is 11.2. The SMILES string of the molecule is O=C(Nc1cccc(-c2n[nH]c(C3CC3)n2)c1)C1CC(O)CN1. The summed E-state index contributed by atoms with van der Waals surface area (Å²) in [6, 6.07) is 7.14. The maximum absolute atomic E-state index is 12.2. The lowest BCUT2D eigenvalue weighted by atomic mass is 10.1. The van der Waals surface area contributed by atoms with Gasteiger partial charge in [-0.3, -0.25) is 9.89 Å². The molecule has 1 aliphatic carbocycles. The van der Waals surface area contributed by atoms with Crippen molar-refractivity contribution in [3.63, 3.8) is 0 Å². The summed E-state index contributed by atoms with van der Waals surface area (Å²) in [5.74, 6) is 1.99. The maximum atomic E-state index is 12.2. The summed E-state index contributed by atoms with van der Waals surface area (Å²) in [5, 5.41) is 22.6. The van der Waals surface area contributed by atoms with E-state index in [-0.39, 0.29) is 11.9 Å². The minimum absolute atomic E-state index is 0.132. The second-order valence-electron chi connectivity index (χ2n) is 6.24. The summed E-state index contributed by atoms with van der Waals surface area (Å²) < 4.78 is 0. The third kappa shape index (κ3) is 3.11. The van der Waals surface area contributed by atoms with Gasteiger partial charge in [0.2, 0.25) is 5.91 Å². The van der Waals surface area contributed by atoms with Crippen LogP contribution in [0.3, 0.4) is 0 Å². The second kappa shape index (κ2) is 5.75. The normalized spacial score (nSPS) is 23.9. The van der Waals surface area contributed by atoms with Crippen LogP contribution in [0.1, 0.15) is 31.0 Å². The Morgan fingerprint density at radius 2 is 2.22 bits per heavy atom. The van der Waals surface area contributed by atoms with Crippen molar-refractivity contribution in [2.45, 2.75) is 37.3 Å². The van der Waals surface area contributed by atoms with E-state index in [0.717, 1.165) is 11.4 Å². The Kier molecular flexibility index (Phi) is 3.59. The van der Waals surface area contributed by atoms with E-state index in [9.17, 15) is 9.90 Å². The molecule has 7 heteroatoms. The molecule has 1 aromatic heterocycles. The fourth-order valence-electron chi connectivity index (χ4n) is 2.82. The molecule has 0 radical (unpaired) electrons. The largest absolute Gasteiger partial charge is 0.392 e. The van der Waals surface area contributed by atoms with E-state index < -0.39 is 6.10 Å². The summed E-state index contributed by atoms with van der Waals surface area (Å²) in [6.45, 7) is 0.458. The highest BCUT2D eigenvalue weighted by Gasteiger charge is 2.28. The lowest BCUT2D eigenvalue weighted by molar-refractivity contribution is -0.117. The Balaban J connectivity index is 1.48. The van der Waals surface area contributed by atoms with Crippen LogP contribution in [0.25, 0.3) is 11.4 Å². The Hall–Kier alpha value is -2.25. The molecule has 0 spiro atoms. The van der Waals surface area contributed by atoms with Crippen molar-refractivity contribution in [3.8, 4) is 11.4 Å². The Morgan fingerprint density at radius 1 is 1.35 bits per heavy atom. The number of carbonyl (C=O) groups excluding carboxylic acids is 1. The molecule has 2 atom stereocenters. The molecule has 2 aromatic rings. The van der Waals surface area contributed by atoms with Crippen LogP contribution in [-0.4, -0.2) is 44.9 Å². The van der Waals surface area contributed by atoms with Crippen molar-refractivity contribution in [1.82, 2.24) is 20.5 Å². The van der Waals surface area contributed by atoms with E-state index in [1.165, 1.54) is 12.8 Å². The molecule has 1 aromatic carbocycles. The third-order valence-corrected chi connectivity index (χ3v) is 4.28. The summed E-state index contributed by atoms with van der Waals surface area (Å²) >= 11 is 0. The number of benzene rings is 1. The van der Waals surface area contributed by atoms with Gasteiger partial charge in [0.1, 0.15) is 5.82 Å². The highest BCUT2D eigenvalue weighted by atomic mass is 16.3. The minimum Gasteiger partial charge on any atom is -0.392 e. The number of aromatic amines is 1. The van der Waals surface area contributed by atoms with Crippen LogP contribution >= 0.6 is 0 Å². The van der Waals surface area contributed by atoms with Crippen LogP contribution in [0.15, 0.2) is 24.3 Å². The Morgan fingerprint density at radius 3 is 2.96 bits per heavy atom. The van der Waals surface area contributed by atoms with Gasteiger partial charge in [-0.05, 0) is 31.4 Å². The van der Waals surface area contributed by atoms with Gasteiger partial charge in [0.05, 0.1) is 12.1 Å². The van der Waals surface area contributed by atoms with Gasteiger partial charge in [0, 0.05) is 23.7 Å². The van der Waals surface area contributed by atoms with E-state index >= 15 is 0 Å². The highest BCUT2D eigenvalue weighted by molar-refractivity contribution is 5.95. The van der Waals surface area contributed by atoms with E-state index in [0.29, 0.717) is 30.4 Å². The van der Waals surface area contributed by atoms with Crippen molar-refractivity contribution in [3.05, 3.63) is 30.1 Å². The molecule has 1 saturated heterocycles. The molecule has 1 amide bonds. The van der Waals surface area contributed by atoms with Crippen LogP contribution in [0.5, 0.6) is 0 Å². The van der Waals surface area contributed by atoms with Gasteiger partial charge >= 0.3 is 0 Å². The van der Waals surface area contributed by atoms with E-state index in [2.05, 4.69) is 25.8 Å². The average Bonchev–Trinajstić information content (AvgIpc) is 3.11. The number of amides is 1. The minimum atomic E-state index is -0.453. The lowest BCUT2D eigenvalue weighted by Crippen LogP contribution is -2.35. The number of aromatic nitrogens is 3. The van der Waals surface area contributed by atoms with Gasteiger partial charge in [-0.1, -0.05) is 12.1 Å². The number of rotatable bonds is 4. The summed E-state index contributed by atoms with van der Waals surface area (Å²) in [4.78, 5) is 16.7. The summed E-state index contributed by atoms with van der Waals surface area (Å²) in [5.41, 5.74) is 1.57. The molecule has 1 saturated carbocycles. The zero-order valence-corrected chi connectivity index (χ0v) is 12.6. The lowest BCUT2D eigenvalue weighted by Gasteiger charge is -2.11. The monoisotopic (exact) mass is 313 g/mol. The molecule has 7 nitrogen and oxygen atoms in total. The van der Waals surface area contributed by atoms with Gasteiger partial charge < -0.3 is 15.7 Å². The highest BCUT2D eigenvalue weighted by Crippen LogP contribution is 2.38. The first-order valence-electron chi connectivity index (χ1n) is 7.94. The van der Waals surface area contributed by atoms with E-state index in [1.807, 2.05) is 24.3 Å². The Bertz CT molecular complexity index is 725. The molecule has 4 N–H and O–H groups in total. The van der Waals surface area contributed by atoms with Gasteiger partial charge in [-0.2, -0.15) is 5.10 Å². The number of hydrogen-bond acceptors (Lipinski definition) is 5. The zero-order chi connectivity index (χ0) is 15.8. The van der Waals surface area contributed by atoms with E-state index in [4.69, 9.17) is 0 Å². The van der Waals surface area contributed by atoms with Gasteiger partial charge in [0.15, 0.2) is 5.82 Å². The smallest absolute Gasteiger partial charge is 0.241 e. The van der Waals surface area contributed by atoms with E-state index in [1.54, 1.807) is 0 Å². The summed E-state index contributed by atoms with van der Waals surface area (Å²) in [6.07, 6.45) is 2.33. The van der Waals surface area contributed by atoms with Gasteiger partial charge in [0.25, 0.3) is 0 Å². The van der Waals surface area contributed by atoms with Crippen LogP contribution in [-0.2, 0) is 4.79 Å². The predicted octanol–water partition coefficient (Wildman–Crippen LogP) is 1.01. The number of nitrogens with zero attached hydrogens (tertiary/aromatic N) is 2. The fraction of sp³-hybridized carbons (Fsp3) is 0.438. The molecule has 0 bridgehead atoms. The number of aliphatic hydroxyl groups is 1. The number of β-amino-alcohol motifs (C(OH)–C–C–N with tert-alkyl or cyclic N) is 1. The zero-order valence-electron chi connectivity index (χ0n) is 12.6. The van der Waals surface area contributed by atoms with Crippen LogP contribution in [0.4, 0.5) is 5.69 Å². The first kappa shape index (κ1) is 14.3. The van der Waals surface area contributed by atoms with Crippen molar-refractivity contribution in [1.29, 1.82) is 0 Å². The van der Waals surface area contributed by atoms with Crippen LogP contribution in [0.2, 0.25) is 0 Å².